The molecule has 0 atom stereocenters. The first kappa shape index (κ1) is 14.5. The van der Waals surface area contributed by atoms with Gasteiger partial charge in [-0.2, -0.15) is 4.31 Å². The highest BCUT2D eigenvalue weighted by molar-refractivity contribution is 7.89. The van der Waals surface area contributed by atoms with E-state index in [9.17, 15) is 22.9 Å². The molecule has 6 nitrogen and oxygen atoms in total. The van der Waals surface area contributed by atoms with Gasteiger partial charge in [-0.05, 0) is 6.07 Å². The number of non-ortho nitro benzene ring substituents is 1. The van der Waals surface area contributed by atoms with Crippen molar-refractivity contribution in [2.24, 2.45) is 0 Å². The number of nitrogens with zero attached hydrogens (tertiary/aromatic N) is 2. The van der Waals surface area contributed by atoms with E-state index in [1.54, 1.807) is 13.8 Å². The predicted octanol–water partition coefficient (Wildman–Crippen LogP) is 1.76. The Balaban J connectivity index is 3.40. The summed E-state index contributed by atoms with van der Waals surface area (Å²) >= 11 is 0. The summed E-state index contributed by atoms with van der Waals surface area (Å²) in [6, 6.07) is 2.45. The van der Waals surface area contributed by atoms with Crippen molar-refractivity contribution < 1.29 is 17.7 Å². The zero-order chi connectivity index (χ0) is 13.9. The number of hydrogen-bond donors (Lipinski definition) is 0. The van der Waals surface area contributed by atoms with Crippen LogP contribution >= 0.6 is 0 Å². The Morgan fingerprint density at radius 3 is 2.33 bits per heavy atom. The van der Waals surface area contributed by atoms with Gasteiger partial charge in [0.2, 0.25) is 10.0 Å². The van der Waals surface area contributed by atoms with Crippen molar-refractivity contribution in [3.05, 3.63) is 34.1 Å². The zero-order valence-corrected chi connectivity index (χ0v) is 10.8. The van der Waals surface area contributed by atoms with Crippen molar-refractivity contribution in [2.75, 3.05) is 13.1 Å². The van der Waals surface area contributed by atoms with E-state index < -0.39 is 31.3 Å². The van der Waals surface area contributed by atoms with E-state index in [0.717, 1.165) is 22.5 Å². The fraction of sp³-hybridized carbons (Fsp3) is 0.400. The van der Waals surface area contributed by atoms with E-state index in [0.29, 0.717) is 0 Å². The molecule has 18 heavy (non-hydrogen) atoms. The maximum atomic E-state index is 13.5. The highest BCUT2D eigenvalue weighted by Crippen LogP contribution is 2.23. The van der Waals surface area contributed by atoms with Crippen molar-refractivity contribution in [1.29, 1.82) is 0 Å². The Kier molecular flexibility index (Phi) is 4.36. The number of nitro benzene ring substituents is 1. The monoisotopic (exact) mass is 276 g/mol. The van der Waals surface area contributed by atoms with E-state index in [4.69, 9.17) is 0 Å². The summed E-state index contributed by atoms with van der Waals surface area (Å²) in [6.45, 7) is 3.55. The van der Waals surface area contributed by atoms with Crippen molar-refractivity contribution in [3.63, 3.8) is 0 Å². The van der Waals surface area contributed by atoms with Crippen LogP contribution in [0.2, 0.25) is 0 Å². The molecule has 100 valence electrons. The van der Waals surface area contributed by atoms with Gasteiger partial charge in [0.15, 0.2) is 0 Å². The molecular weight excluding hydrogens is 263 g/mol. The third-order valence-corrected chi connectivity index (χ3v) is 4.51. The molecule has 0 heterocycles. The second kappa shape index (κ2) is 5.40. The van der Waals surface area contributed by atoms with Gasteiger partial charge in [-0.25, -0.2) is 12.8 Å². The molecule has 0 unspecified atom stereocenters. The number of hydrogen-bond acceptors (Lipinski definition) is 4. The first-order valence-electron chi connectivity index (χ1n) is 5.28. The van der Waals surface area contributed by atoms with Gasteiger partial charge < -0.3 is 0 Å². The van der Waals surface area contributed by atoms with Gasteiger partial charge in [0, 0.05) is 25.2 Å². The number of benzene rings is 1. The van der Waals surface area contributed by atoms with E-state index >= 15 is 0 Å². The minimum absolute atomic E-state index is 0.168. The van der Waals surface area contributed by atoms with E-state index in [2.05, 4.69) is 0 Å². The van der Waals surface area contributed by atoms with Crippen LogP contribution in [0.15, 0.2) is 23.1 Å². The lowest BCUT2D eigenvalue weighted by Gasteiger charge is -2.18. The second-order valence-corrected chi connectivity index (χ2v) is 5.37. The van der Waals surface area contributed by atoms with Crippen LogP contribution in [0.3, 0.4) is 0 Å². The normalized spacial score (nSPS) is 11.8. The molecule has 0 saturated heterocycles. The highest BCUT2D eigenvalue weighted by atomic mass is 32.2. The summed E-state index contributed by atoms with van der Waals surface area (Å²) < 4.78 is 38.7. The largest absolute Gasteiger partial charge is 0.270 e. The van der Waals surface area contributed by atoms with Crippen LogP contribution in [-0.4, -0.2) is 30.7 Å². The molecule has 0 saturated carbocycles. The number of rotatable bonds is 5. The predicted molar refractivity (Wildman–Crippen MR) is 63.2 cm³/mol. The van der Waals surface area contributed by atoms with Crippen LogP contribution in [0.5, 0.6) is 0 Å². The van der Waals surface area contributed by atoms with Crippen LogP contribution in [0.25, 0.3) is 0 Å². The lowest BCUT2D eigenvalue weighted by Crippen LogP contribution is -2.31. The van der Waals surface area contributed by atoms with Gasteiger partial charge in [0.25, 0.3) is 5.69 Å². The fourth-order valence-electron chi connectivity index (χ4n) is 1.51. The first-order chi connectivity index (χ1) is 8.34. The molecule has 1 aromatic carbocycles. The lowest BCUT2D eigenvalue weighted by atomic mass is 10.3. The highest BCUT2D eigenvalue weighted by Gasteiger charge is 2.27. The molecule has 0 radical (unpaired) electrons. The van der Waals surface area contributed by atoms with E-state index in [1.807, 2.05) is 0 Å². The summed E-state index contributed by atoms with van der Waals surface area (Å²) in [7, 11) is -4.03. The Labute approximate surface area is 104 Å². The number of sulfonamides is 1. The maximum Gasteiger partial charge on any atom is 0.270 e. The number of halogens is 1. The van der Waals surface area contributed by atoms with Gasteiger partial charge >= 0.3 is 0 Å². The summed E-state index contributed by atoms with van der Waals surface area (Å²) in [5.41, 5.74) is -0.456. The molecule has 0 aromatic heterocycles. The molecule has 0 aliphatic carbocycles. The summed E-state index contributed by atoms with van der Waals surface area (Å²) in [5.74, 6) is -0.993. The maximum absolute atomic E-state index is 13.5. The van der Waals surface area contributed by atoms with Crippen molar-refractivity contribution in [1.82, 2.24) is 4.31 Å². The van der Waals surface area contributed by atoms with Crippen LogP contribution in [-0.2, 0) is 10.0 Å². The average Bonchev–Trinajstić information content (AvgIpc) is 2.30. The Hall–Kier alpha value is -1.54. The quantitative estimate of drug-likeness (QED) is 0.606. The topological polar surface area (TPSA) is 80.5 Å². The van der Waals surface area contributed by atoms with Gasteiger partial charge in [-0.1, -0.05) is 13.8 Å². The Morgan fingerprint density at radius 1 is 1.33 bits per heavy atom. The molecule has 0 bridgehead atoms. The van der Waals surface area contributed by atoms with E-state index in [1.165, 1.54) is 0 Å². The molecule has 0 aliphatic heterocycles. The Bertz CT molecular complexity index is 555. The third-order valence-electron chi connectivity index (χ3n) is 2.45. The smallest absolute Gasteiger partial charge is 0.258 e. The molecule has 0 fully saturated rings. The average molecular weight is 276 g/mol. The van der Waals surface area contributed by atoms with Crippen LogP contribution in [0.4, 0.5) is 10.1 Å². The van der Waals surface area contributed by atoms with Crippen molar-refractivity contribution in [3.8, 4) is 0 Å². The summed E-state index contributed by atoms with van der Waals surface area (Å²) in [4.78, 5) is 9.15. The standard InChI is InChI=1S/C10H13FN2O4S/c1-3-12(4-2)18(16,17)10-7-8(13(14)15)5-6-9(10)11/h5-7H,3-4H2,1-2H3. The van der Waals surface area contributed by atoms with Gasteiger partial charge in [0.05, 0.1) is 4.92 Å². The zero-order valence-electron chi connectivity index (χ0n) is 9.96. The van der Waals surface area contributed by atoms with Crippen LogP contribution < -0.4 is 0 Å². The molecule has 1 aromatic rings. The molecule has 8 heteroatoms. The second-order valence-electron chi connectivity index (χ2n) is 3.46. The minimum atomic E-state index is -4.03. The van der Waals surface area contributed by atoms with Crippen LogP contribution in [0.1, 0.15) is 13.8 Å². The molecular formula is C10H13FN2O4S. The lowest BCUT2D eigenvalue weighted by molar-refractivity contribution is -0.385. The molecule has 0 aliphatic rings. The van der Waals surface area contributed by atoms with Gasteiger partial charge in [-0.3, -0.25) is 10.1 Å². The summed E-state index contributed by atoms with van der Waals surface area (Å²) in [5, 5.41) is 10.6. The first-order valence-corrected chi connectivity index (χ1v) is 6.72. The summed E-state index contributed by atoms with van der Waals surface area (Å²) in [6.07, 6.45) is 0. The molecule has 0 N–H and O–H groups in total. The number of nitro groups is 1. The third kappa shape index (κ3) is 2.65. The van der Waals surface area contributed by atoms with Crippen LogP contribution in [0, 0.1) is 15.9 Å². The molecule has 0 amide bonds. The SMILES string of the molecule is CCN(CC)S(=O)(=O)c1cc([N+](=O)[O-])ccc1F. The molecule has 1 rings (SSSR count). The Morgan fingerprint density at radius 2 is 1.89 bits per heavy atom. The fourth-order valence-corrected chi connectivity index (χ4v) is 3.05. The van der Waals surface area contributed by atoms with Crippen molar-refractivity contribution >= 4 is 15.7 Å². The van der Waals surface area contributed by atoms with Gasteiger partial charge in [-0.15, -0.1) is 0 Å². The van der Waals surface area contributed by atoms with E-state index in [-0.39, 0.29) is 13.1 Å². The molecule has 0 spiro atoms. The minimum Gasteiger partial charge on any atom is -0.258 e. The van der Waals surface area contributed by atoms with Crippen molar-refractivity contribution in [2.45, 2.75) is 18.7 Å². The van der Waals surface area contributed by atoms with Gasteiger partial charge in [0.1, 0.15) is 10.7 Å².